The molecule has 0 bridgehead atoms. The van der Waals surface area contributed by atoms with Gasteiger partial charge in [0.2, 0.25) is 10.0 Å². The quantitative estimate of drug-likeness (QED) is 0.771. The summed E-state index contributed by atoms with van der Waals surface area (Å²) in [6, 6.07) is 12.8. The van der Waals surface area contributed by atoms with Crippen molar-refractivity contribution in [2.45, 2.75) is 4.90 Å². The molecule has 0 aliphatic heterocycles. The lowest BCUT2D eigenvalue weighted by atomic mass is 10.2. The van der Waals surface area contributed by atoms with E-state index in [0.717, 1.165) is 4.31 Å². The molecule has 7 heteroatoms. The predicted octanol–water partition coefficient (Wildman–Crippen LogP) is 2.75. The van der Waals surface area contributed by atoms with Gasteiger partial charge in [-0.15, -0.1) is 0 Å². The number of nitrogens with zero attached hydrogens (tertiary/aromatic N) is 1. The highest BCUT2D eigenvalue weighted by Crippen LogP contribution is 2.18. The minimum atomic E-state index is -3.59. The van der Waals surface area contributed by atoms with E-state index in [4.69, 9.17) is 4.74 Å². The van der Waals surface area contributed by atoms with Gasteiger partial charge in [0.25, 0.3) is 5.91 Å². The van der Waals surface area contributed by atoms with Crippen LogP contribution in [-0.2, 0) is 10.0 Å². The van der Waals surface area contributed by atoms with Crippen LogP contribution in [0.5, 0.6) is 5.75 Å². The van der Waals surface area contributed by atoms with Crippen LogP contribution >= 0.6 is 0 Å². The molecule has 0 heterocycles. The molecule has 0 unspecified atom stereocenters. The number of hydrogen-bond donors (Lipinski definition) is 1. The molecule has 0 radical (unpaired) electrons. The van der Waals surface area contributed by atoms with Crippen molar-refractivity contribution in [1.82, 2.24) is 4.31 Å². The summed E-state index contributed by atoms with van der Waals surface area (Å²) in [5.74, 6) is 0.271. The summed E-state index contributed by atoms with van der Waals surface area (Å²) in [6.07, 6.45) is 1.64. The second kappa shape index (κ2) is 7.96. The molecule has 0 spiro atoms. The van der Waals surface area contributed by atoms with Crippen molar-refractivity contribution in [1.29, 1.82) is 0 Å². The molecule has 25 heavy (non-hydrogen) atoms. The first-order valence-electron chi connectivity index (χ1n) is 7.52. The fraction of sp³-hybridized carbons (Fsp3) is 0.167. The molecule has 0 fully saturated rings. The average Bonchev–Trinajstić information content (AvgIpc) is 2.61. The summed E-state index contributed by atoms with van der Waals surface area (Å²) >= 11 is 0. The number of anilines is 1. The van der Waals surface area contributed by atoms with E-state index in [0.29, 0.717) is 18.0 Å². The molecule has 0 aromatic heterocycles. The Labute approximate surface area is 147 Å². The van der Waals surface area contributed by atoms with Gasteiger partial charge in [0.15, 0.2) is 0 Å². The maximum absolute atomic E-state index is 12.4. The summed E-state index contributed by atoms with van der Waals surface area (Å²) < 4.78 is 30.8. The summed E-state index contributed by atoms with van der Waals surface area (Å²) in [6.45, 7) is 3.98. The number of hydrogen-bond acceptors (Lipinski definition) is 4. The van der Waals surface area contributed by atoms with Crippen molar-refractivity contribution >= 4 is 21.6 Å². The van der Waals surface area contributed by atoms with E-state index in [-0.39, 0.29) is 10.5 Å². The van der Waals surface area contributed by atoms with Gasteiger partial charge < -0.3 is 10.1 Å². The molecule has 0 atom stereocenters. The van der Waals surface area contributed by atoms with Crippen LogP contribution in [0.4, 0.5) is 5.69 Å². The number of benzene rings is 2. The summed E-state index contributed by atoms with van der Waals surface area (Å²) in [5, 5.41) is 2.73. The first-order valence-corrected chi connectivity index (χ1v) is 8.96. The lowest BCUT2D eigenvalue weighted by Crippen LogP contribution is -2.22. The van der Waals surface area contributed by atoms with Gasteiger partial charge in [0.05, 0.1) is 4.90 Å². The molecule has 6 nitrogen and oxygen atoms in total. The second-order valence-corrected chi connectivity index (χ2v) is 7.55. The highest BCUT2D eigenvalue weighted by atomic mass is 32.2. The van der Waals surface area contributed by atoms with Crippen LogP contribution in [0.2, 0.25) is 0 Å². The van der Waals surface area contributed by atoms with Gasteiger partial charge in [-0.25, -0.2) is 12.7 Å². The Morgan fingerprint density at radius 1 is 1.20 bits per heavy atom. The molecule has 1 N–H and O–H groups in total. The number of ether oxygens (including phenoxy) is 1. The molecular formula is C18H20N2O4S. The van der Waals surface area contributed by atoms with E-state index in [9.17, 15) is 13.2 Å². The molecule has 2 aromatic carbocycles. The monoisotopic (exact) mass is 360 g/mol. The largest absolute Gasteiger partial charge is 0.490 e. The number of sulfonamides is 1. The van der Waals surface area contributed by atoms with Gasteiger partial charge in [0, 0.05) is 25.3 Å². The fourth-order valence-corrected chi connectivity index (χ4v) is 2.95. The Morgan fingerprint density at radius 3 is 2.48 bits per heavy atom. The fourth-order valence-electron chi connectivity index (χ4n) is 2.00. The van der Waals surface area contributed by atoms with Crippen molar-refractivity contribution in [2.75, 3.05) is 26.0 Å². The Bertz CT molecular complexity index is 859. The SMILES string of the molecule is C=CCOc1ccc(NC(=O)c2cccc(S(=O)(=O)N(C)C)c2)cc1. The third-order valence-electron chi connectivity index (χ3n) is 3.35. The maximum Gasteiger partial charge on any atom is 0.255 e. The zero-order valence-electron chi connectivity index (χ0n) is 14.1. The second-order valence-electron chi connectivity index (χ2n) is 5.39. The normalized spacial score (nSPS) is 11.2. The number of amides is 1. The number of carbonyl (C=O) groups is 1. The molecule has 0 saturated heterocycles. The first kappa shape index (κ1) is 18.7. The zero-order chi connectivity index (χ0) is 18.4. The Balaban J connectivity index is 2.15. The third kappa shape index (κ3) is 4.68. The molecule has 132 valence electrons. The van der Waals surface area contributed by atoms with Crippen LogP contribution in [0.25, 0.3) is 0 Å². The molecule has 2 aromatic rings. The third-order valence-corrected chi connectivity index (χ3v) is 5.17. The van der Waals surface area contributed by atoms with Gasteiger partial charge in [-0.2, -0.15) is 0 Å². The minimum Gasteiger partial charge on any atom is -0.490 e. The van der Waals surface area contributed by atoms with E-state index >= 15 is 0 Å². The highest BCUT2D eigenvalue weighted by Gasteiger charge is 2.18. The maximum atomic E-state index is 12.4. The average molecular weight is 360 g/mol. The number of rotatable bonds is 7. The van der Waals surface area contributed by atoms with Crippen molar-refractivity contribution < 1.29 is 17.9 Å². The predicted molar refractivity (Wildman–Crippen MR) is 97.4 cm³/mol. The van der Waals surface area contributed by atoms with Crippen molar-refractivity contribution in [2.24, 2.45) is 0 Å². The van der Waals surface area contributed by atoms with Crippen LogP contribution in [0, 0.1) is 0 Å². The van der Waals surface area contributed by atoms with E-state index in [1.54, 1.807) is 36.4 Å². The Hall–Kier alpha value is -2.64. The molecule has 0 aliphatic rings. The summed E-state index contributed by atoms with van der Waals surface area (Å²) in [7, 11) is -0.706. The smallest absolute Gasteiger partial charge is 0.255 e. The highest BCUT2D eigenvalue weighted by molar-refractivity contribution is 7.89. The first-order chi connectivity index (χ1) is 11.8. The lowest BCUT2D eigenvalue weighted by Gasteiger charge is -2.12. The van der Waals surface area contributed by atoms with E-state index in [1.165, 1.54) is 32.3 Å². The van der Waals surface area contributed by atoms with Gasteiger partial charge in [0.1, 0.15) is 12.4 Å². The minimum absolute atomic E-state index is 0.0679. The van der Waals surface area contributed by atoms with Crippen LogP contribution in [0.1, 0.15) is 10.4 Å². The topological polar surface area (TPSA) is 75.7 Å². The Morgan fingerprint density at radius 2 is 1.88 bits per heavy atom. The lowest BCUT2D eigenvalue weighted by molar-refractivity contribution is 0.102. The number of carbonyl (C=O) groups excluding carboxylic acids is 1. The molecule has 0 aliphatic carbocycles. The van der Waals surface area contributed by atoms with Crippen molar-refractivity contribution in [3.63, 3.8) is 0 Å². The van der Waals surface area contributed by atoms with Crippen LogP contribution in [0.3, 0.4) is 0 Å². The van der Waals surface area contributed by atoms with Gasteiger partial charge in [-0.3, -0.25) is 4.79 Å². The molecular weight excluding hydrogens is 340 g/mol. The molecule has 0 saturated carbocycles. The van der Waals surface area contributed by atoms with Crippen LogP contribution < -0.4 is 10.1 Å². The summed E-state index contributed by atoms with van der Waals surface area (Å²) in [4.78, 5) is 12.4. The summed E-state index contributed by atoms with van der Waals surface area (Å²) in [5.41, 5.74) is 0.840. The van der Waals surface area contributed by atoms with Crippen LogP contribution in [0.15, 0.2) is 66.1 Å². The van der Waals surface area contributed by atoms with Gasteiger partial charge in [-0.05, 0) is 42.5 Å². The van der Waals surface area contributed by atoms with E-state index in [1.807, 2.05) is 0 Å². The van der Waals surface area contributed by atoms with Gasteiger partial charge >= 0.3 is 0 Å². The zero-order valence-corrected chi connectivity index (χ0v) is 14.9. The van der Waals surface area contributed by atoms with Crippen molar-refractivity contribution in [3.05, 3.63) is 66.7 Å². The van der Waals surface area contributed by atoms with Crippen molar-refractivity contribution in [3.8, 4) is 5.75 Å². The Kier molecular flexibility index (Phi) is 5.95. The van der Waals surface area contributed by atoms with E-state index < -0.39 is 15.9 Å². The standard InChI is InChI=1S/C18H20N2O4S/c1-4-12-24-16-10-8-15(9-11-16)19-18(21)14-6-5-7-17(13-14)25(22,23)20(2)3/h4-11,13H,1,12H2,2-3H3,(H,19,21). The van der Waals surface area contributed by atoms with E-state index in [2.05, 4.69) is 11.9 Å². The van der Waals surface area contributed by atoms with Crippen LogP contribution in [-0.4, -0.2) is 39.3 Å². The number of nitrogens with one attached hydrogen (secondary N) is 1. The molecule has 2 rings (SSSR count). The van der Waals surface area contributed by atoms with Gasteiger partial charge in [-0.1, -0.05) is 18.7 Å². The molecule has 1 amide bonds.